The zero-order valence-corrected chi connectivity index (χ0v) is 13.2. The number of nitrogens with zero attached hydrogens (tertiary/aromatic N) is 2. The smallest absolute Gasteiger partial charge is 0.387 e. The lowest BCUT2D eigenvalue weighted by molar-refractivity contribution is -0.0498. The van der Waals surface area contributed by atoms with Crippen molar-refractivity contribution in [3.63, 3.8) is 0 Å². The summed E-state index contributed by atoms with van der Waals surface area (Å²) in [7, 11) is 1.53. The van der Waals surface area contributed by atoms with Gasteiger partial charge in [0.2, 0.25) is 11.8 Å². The van der Waals surface area contributed by atoms with E-state index in [4.69, 9.17) is 9.47 Å². The third-order valence-corrected chi connectivity index (χ3v) is 3.29. The van der Waals surface area contributed by atoms with Crippen LogP contribution in [0.3, 0.4) is 0 Å². The molecule has 0 aliphatic heterocycles. The van der Waals surface area contributed by atoms with Gasteiger partial charge in [0.25, 0.3) is 0 Å². The molecule has 2 aromatic heterocycles. The van der Waals surface area contributed by atoms with E-state index < -0.39 is 6.61 Å². The van der Waals surface area contributed by atoms with Crippen molar-refractivity contribution in [2.24, 2.45) is 0 Å². The van der Waals surface area contributed by atoms with Crippen LogP contribution in [-0.4, -0.2) is 23.7 Å². The van der Waals surface area contributed by atoms with Gasteiger partial charge in [-0.1, -0.05) is 0 Å². The molecule has 0 unspecified atom stereocenters. The number of halogens is 2. The summed E-state index contributed by atoms with van der Waals surface area (Å²) in [5.41, 5.74) is 1.42. The summed E-state index contributed by atoms with van der Waals surface area (Å²) < 4.78 is 39.8. The summed E-state index contributed by atoms with van der Waals surface area (Å²) in [4.78, 5) is 8.41. The maximum Gasteiger partial charge on any atom is 0.387 e. The number of pyridine rings is 2. The highest BCUT2D eigenvalue weighted by molar-refractivity contribution is 5.73. The van der Waals surface area contributed by atoms with Gasteiger partial charge in [-0.3, -0.25) is 0 Å². The van der Waals surface area contributed by atoms with Crippen LogP contribution in [-0.2, 0) is 0 Å². The maximum atomic E-state index is 12.2. The average Bonchev–Trinajstić information content (AvgIpc) is 2.63. The van der Waals surface area contributed by atoms with Crippen LogP contribution >= 0.6 is 0 Å². The minimum Gasteiger partial charge on any atom is -0.481 e. The number of aromatic nitrogens is 2. The van der Waals surface area contributed by atoms with E-state index in [1.54, 1.807) is 24.5 Å². The van der Waals surface area contributed by atoms with Crippen molar-refractivity contribution in [1.82, 2.24) is 9.97 Å². The second-order valence-electron chi connectivity index (χ2n) is 4.87. The van der Waals surface area contributed by atoms with Gasteiger partial charge in [-0.05, 0) is 48.5 Å². The van der Waals surface area contributed by atoms with E-state index >= 15 is 0 Å². The van der Waals surface area contributed by atoms with Gasteiger partial charge in [0, 0.05) is 23.5 Å². The van der Waals surface area contributed by atoms with Crippen LogP contribution in [0.15, 0.2) is 60.9 Å². The van der Waals surface area contributed by atoms with E-state index in [9.17, 15) is 8.78 Å². The topological polar surface area (TPSA) is 53.5 Å². The Morgan fingerprint density at radius 3 is 1.96 bits per heavy atom. The number of hydrogen-bond donors (Lipinski definition) is 0. The molecule has 0 aliphatic carbocycles. The molecular formula is C18H14F2N2O3. The molecule has 0 bridgehead atoms. The summed E-state index contributed by atoms with van der Waals surface area (Å²) in [6.07, 6.45) is 3.22. The van der Waals surface area contributed by atoms with Gasteiger partial charge in [-0.25, -0.2) is 9.97 Å². The first kappa shape index (κ1) is 16.6. The van der Waals surface area contributed by atoms with Gasteiger partial charge in [0.05, 0.1) is 7.11 Å². The van der Waals surface area contributed by atoms with Gasteiger partial charge in [0.1, 0.15) is 11.5 Å². The molecule has 1 aromatic carbocycles. The first-order chi connectivity index (χ1) is 12.2. The van der Waals surface area contributed by atoms with Crippen LogP contribution in [0.5, 0.6) is 23.3 Å². The van der Waals surface area contributed by atoms with E-state index in [0.29, 0.717) is 23.1 Å². The number of hydrogen-bond acceptors (Lipinski definition) is 5. The molecule has 5 nitrogen and oxygen atoms in total. The van der Waals surface area contributed by atoms with E-state index in [0.717, 1.165) is 5.56 Å². The third kappa shape index (κ3) is 4.00. The first-order valence-electron chi connectivity index (χ1n) is 7.34. The fraction of sp³-hybridized carbons (Fsp3) is 0.111. The summed E-state index contributed by atoms with van der Waals surface area (Å²) in [6, 6.07) is 13.1. The monoisotopic (exact) mass is 344 g/mol. The summed E-state index contributed by atoms with van der Waals surface area (Å²) in [5, 5.41) is 0. The third-order valence-electron chi connectivity index (χ3n) is 3.29. The molecule has 7 heteroatoms. The van der Waals surface area contributed by atoms with Crippen molar-refractivity contribution in [2.75, 3.05) is 7.11 Å². The standard InChI is InChI=1S/C18H14F2N2O3/c1-23-16-14(4-2-10-21-16)15-5-3-11-22-17(15)24-12-6-8-13(9-7-12)25-18(19)20/h2-11,18H,1H3. The Morgan fingerprint density at radius 1 is 0.800 bits per heavy atom. The molecule has 25 heavy (non-hydrogen) atoms. The number of ether oxygens (including phenoxy) is 3. The van der Waals surface area contributed by atoms with Crippen LogP contribution in [0.4, 0.5) is 8.78 Å². The summed E-state index contributed by atoms with van der Waals surface area (Å²) in [5.74, 6) is 1.28. The molecule has 0 spiro atoms. The largest absolute Gasteiger partial charge is 0.481 e. The van der Waals surface area contributed by atoms with Crippen LogP contribution in [0, 0.1) is 0 Å². The molecule has 0 radical (unpaired) electrons. The Morgan fingerprint density at radius 2 is 1.36 bits per heavy atom. The molecule has 0 atom stereocenters. The second-order valence-corrected chi connectivity index (χ2v) is 4.87. The molecule has 0 saturated carbocycles. The molecule has 3 rings (SSSR count). The second kappa shape index (κ2) is 7.57. The van der Waals surface area contributed by atoms with Crippen molar-refractivity contribution < 1.29 is 23.0 Å². The van der Waals surface area contributed by atoms with Crippen molar-refractivity contribution in [3.8, 4) is 34.4 Å². The van der Waals surface area contributed by atoms with Gasteiger partial charge in [-0.2, -0.15) is 8.78 Å². The summed E-state index contributed by atoms with van der Waals surface area (Å²) in [6.45, 7) is -2.87. The Kier molecular flexibility index (Phi) is 5.03. The summed E-state index contributed by atoms with van der Waals surface area (Å²) >= 11 is 0. The predicted octanol–water partition coefficient (Wildman–Crippen LogP) is 4.55. The Hall–Kier alpha value is -3.22. The van der Waals surface area contributed by atoms with E-state index in [-0.39, 0.29) is 5.75 Å². The lowest BCUT2D eigenvalue weighted by Gasteiger charge is -2.12. The van der Waals surface area contributed by atoms with Crippen LogP contribution < -0.4 is 14.2 Å². The van der Waals surface area contributed by atoms with Crippen LogP contribution in [0.25, 0.3) is 11.1 Å². The van der Waals surface area contributed by atoms with E-state index in [2.05, 4.69) is 14.7 Å². The lowest BCUT2D eigenvalue weighted by Crippen LogP contribution is -2.01. The van der Waals surface area contributed by atoms with Crippen molar-refractivity contribution >= 4 is 0 Å². The molecule has 128 valence electrons. The lowest BCUT2D eigenvalue weighted by atomic mass is 10.1. The molecule has 0 aliphatic rings. The van der Waals surface area contributed by atoms with Crippen molar-refractivity contribution in [3.05, 3.63) is 60.9 Å². The SMILES string of the molecule is COc1ncccc1-c1cccnc1Oc1ccc(OC(F)F)cc1. The highest BCUT2D eigenvalue weighted by Crippen LogP contribution is 2.35. The van der Waals surface area contributed by atoms with Gasteiger partial charge < -0.3 is 14.2 Å². The van der Waals surface area contributed by atoms with Crippen molar-refractivity contribution in [2.45, 2.75) is 6.61 Å². The molecule has 3 aromatic rings. The molecule has 2 heterocycles. The molecular weight excluding hydrogens is 330 g/mol. The predicted molar refractivity (Wildman–Crippen MR) is 87.2 cm³/mol. The number of alkyl halides is 2. The number of rotatable bonds is 6. The first-order valence-corrected chi connectivity index (χ1v) is 7.34. The number of benzene rings is 1. The normalized spacial score (nSPS) is 10.6. The fourth-order valence-corrected chi connectivity index (χ4v) is 2.24. The fourth-order valence-electron chi connectivity index (χ4n) is 2.24. The highest BCUT2D eigenvalue weighted by atomic mass is 19.3. The average molecular weight is 344 g/mol. The number of methoxy groups -OCH3 is 1. The van der Waals surface area contributed by atoms with E-state index in [1.165, 1.54) is 31.4 Å². The molecule has 0 saturated heterocycles. The van der Waals surface area contributed by atoms with Crippen LogP contribution in [0.1, 0.15) is 0 Å². The maximum absolute atomic E-state index is 12.2. The minimum absolute atomic E-state index is 0.0533. The van der Waals surface area contributed by atoms with Gasteiger partial charge >= 0.3 is 6.61 Å². The van der Waals surface area contributed by atoms with Crippen LogP contribution in [0.2, 0.25) is 0 Å². The Bertz CT molecular complexity index is 842. The van der Waals surface area contributed by atoms with Gasteiger partial charge in [0.15, 0.2) is 0 Å². The molecule has 0 fully saturated rings. The minimum atomic E-state index is -2.87. The molecule has 0 amide bonds. The zero-order valence-electron chi connectivity index (χ0n) is 13.2. The molecule has 0 N–H and O–H groups in total. The van der Waals surface area contributed by atoms with E-state index in [1.807, 2.05) is 12.1 Å². The quantitative estimate of drug-likeness (QED) is 0.657. The Labute approximate surface area is 142 Å². The highest BCUT2D eigenvalue weighted by Gasteiger charge is 2.14. The zero-order chi connectivity index (χ0) is 17.6. The van der Waals surface area contributed by atoms with Gasteiger partial charge in [-0.15, -0.1) is 0 Å². The Balaban J connectivity index is 1.89. The van der Waals surface area contributed by atoms with Crippen molar-refractivity contribution in [1.29, 1.82) is 0 Å².